The fourth-order valence-electron chi connectivity index (χ4n) is 3.63. The van der Waals surface area contributed by atoms with Crippen LogP contribution >= 0.6 is 15.9 Å². The van der Waals surface area contributed by atoms with Crippen molar-refractivity contribution in [2.75, 3.05) is 40.0 Å². The SMILES string of the molecule is COc1ccc(OCC(O)CN2CCOC(c3ccc(Br)cc3)C2)c(C(C)(C)C)c1. The molecule has 5 nitrogen and oxygen atoms in total. The van der Waals surface area contributed by atoms with Gasteiger partial charge in [-0.3, -0.25) is 4.90 Å². The Morgan fingerprint density at radius 3 is 2.60 bits per heavy atom. The average molecular weight is 478 g/mol. The number of methoxy groups -OCH3 is 1. The summed E-state index contributed by atoms with van der Waals surface area (Å²) in [5.41, 5.74) is 2.13. The summed E-state index contributed by atoms with van der Waals surface area (Å²) < 4.78 is 18.4. The van der Waals surface area contributed by atoms with E-state index in [1.54, 1.807) is 7.11 Å². The predicted octanol–water partition coefficient (Wildman–Crippen LogP) is 4.57. The Labute approximate surface area is 188 Å². The molecule has 2 aromatic rings. The molecule has 0 radical (unpaired) electrons. The van der Waals surface area contributed by atoms with Crippen LogP contribution in [0.2, 0.25) is 0 Å². The summed E-state index contributed by atoms with van der Waals surface area (Å²) in [6, 6.07) is 14.0. The van der Waals surface area contributed by atoms with Crippen molar-refractivity contribution in [1.29, 1.82) is 0 Å². The van der Waals surface area contributed by atoms with Gasteiger partial charge in [0, 0.05) is 29.7 Å². The molecule has 0 aromatic heterocycles. The Morgan fingerprint density at radius 2 is 1.93 bits per heavy atom. The lowest BCUT2D eigenvalue weighted by molar-refractivity contribution is -0.0460. The van der Waals surface area contributed by atoms with Gasteiger partial charge in [-0.15, -0.1) is 0 Å². The third-order valence-electron chi connectivity index (χ3n) is 5.29. The number of halogens is 1. The zero-order valence-electron chi connectivity index (χ0n) is 18.2. The van der Waals surface area contributed by atoms with Crippen molar-refractivity contribution < 1.29 is 19.3 Å². The number of nitrogens with zero attached hydrogens (tertiary/aromatic N) is 1. The topological polar surface area (TPSA) is 51.2 Å². The molecule has 2 aromatic carbocycles. The number of rotatable bonds is 7. The summed E-state index contributed by atoms with van der Waals surface area (Å²) in [5, 5.41) is 10.6. The lowest BCUT2D eigenvalue weighted by Crippen LogP contribution is -2.43. The molecule has 0 spiro atoms. The summed E-state index contributed by atoms with van der Waals surface area (Å²) in [4.78, 5) is 2.24. The van der Waals surface area contributed by atoms with Gasteiger partial charge in [0.1, 0.15) is 24.2 Å². The molecule has 1 N–H and O–H groups in total. The number of β-amino-alcohol motifs (C(OH)–C–C–N with tert-alkyl or cyclic N) is 1. The highest BCUT2D eigenvalue weighted by Crippen LogP contribution is 2.34. The Morgan fingerprint density at radius 1 is 1.20 bits per heavy atom. The zero-order chi connectivity index (χ0) is 21.7. The lowest BCUT2D eigenvalue weighted by Gasteiger charge is -2.34. The van der Waals surface area contributed by atoms with Crippen LogP contribution in [0.15, 0.2) is 46.9 Å². The van der Waals surface area contributed by atoms with Gasteiger partial charge in [0.05, 0.1) is 19.8 Å². The number of aliphatic hydroxyl groups excluding tert-OH is 1. The molecule has 3 rings (SSSR count). The van der Waals surface area contributed by atoms with Crippen molar-refractivity contribution in [2.45, 2.75) is 38.4 Å². The van der Waals surface area contributed by atoms with Crippen LogP contribution in [-0.4, -0.2) is 56.1 Å². The van der Waals surface area contributed by atoms with Gasteiger partial charge in [-0.25, -0.2) is 0 Å². The van der Waals surface area contributed by atoms with E-state index in [1.807, 2.05) is 30.3 Å². The third-order valence-corrected chi connectivity index (χ3v) is 5.82. The van der Waals surface area contributed by atoms with E-state index in [9.17, 15) is 5.11 Å². The maximum atomic E-state index is 10.6. The summed E-state index contributed by atoms with van der Waals surface area (Å²) in [5.74, 6) is 1.59. The number of ether oxygens (including phenoxy) is 3. The minimum absolute atomic E-state index is 0.0223. The summed E-state index contributed by atoms with van der Waals surface area (Å²) >= 11 is 3.47. The Kier molecular flexibility index (Phi) is 7.80. The van der Waals surface area contributed by atoms with Crippen molar-refractivity contribution in [3.63, 3.8) is 0 Å². The van der Waals surface area contributed by atoms with Crippen molar-refractivity contribution >= 4 is 15.9 Å². The molecular formula is C24H32BrNO4. The van der Waals surface area contributed by atoms with E-state index in [2.05, 4.69) is 53.7 Å². The van der Waals surface area contributed by atoms with Gasteiger partial charge in [0.25, 0.3) is 0 Å². The second-order valence-electron chi connectivity index (χ2n) is 8.75. The number of morpholine rings is 1. The molecule has 1 aliphatic rings. The van der Waals surface area contributed by atoms with Crippen LogP contribution in [0.4, 0.5) is 0 Å². The molecule has 0 aliphatic carbocycles. The molecule has 6 heteroatoms. The minimum Gasteiger partial charge on any atom is -0.497 e. The molecule has 0 saturated carbocycles. The highest BCUT2D eigenvalue weighted by Gasteiger charge is 2.25. The van der Waals surface area contributed by atoms with Gasteiger partial charge in [-0.05, 0) is 41.3 Å². The Balaban J connectivity index is 1.57. The second kappa shape index (κ2) is 10.1. The van der Waals surface area contributed by atoms with Crippen LogP contribution in [0.1, 0.15) is 38.0 Å². The number of hydrogen-bond donors (Lipinski definition) is 1. The van der Waals surface area contributed by atoms with Crippen molar-refractivity contribution in [3.05, 3.63) is 58.1 Å². The van der Waals surface area contributed by atoms with Crippen LogP contribution in [0.25, 0.3) is 0 Å². The summed E-state index contributed by atoms with van der Waals surface area (Å²) in [6.45, 7) is 9.44. The van der Waals surface area contributed by atoms with E-state index < -0.39 is 6.10 Å². The van der Waals surface area contributed by atoms with E-state index in [1.165, 1.54) is 0 Å². The molecule has 0 amide bonds. The Hall–Kier alpha value is -1.60. The highest BCUT2D eigenvalue weighted by molar-refractivity contribution is 9.10. The van der Waals surface area contributed by atoms with Crippen molar-refractivity contribution in [1.82, 2.24) is 4.90 Å². The van der Waals surface area contributed by atoms with E-state index in [0.717, 1.165) is 40.2 Å². The molecular weight excluding hydrogens is 446 g/mol. The van der Waals surface area contributed by atoms with Crippen LogP contribution in [0.3, 0.4) is 0 Å². The van der Waals surface area contributed by atoms with Gasteiger partial charge in [0.2, 0.25) is 0 Å². The molecule has 1 aliphatic heterocycles. The fraction of sp³-hybridized carbons (Fsp3) is 0.500. The molecule has 164 valence electrons. The molecule has 1 fully saturated rings. The molecule has 1 saturated heterocycles. The smallest absolute Gasteiger partial charge is 0.123 e. The largest absolute Gasteiger partial charge is 0.497 e. The van der Waals surface area contributed by atoms with E-state index >= 15 is 0 Å². The first-order valence-electron chi connectivity index (χ1n) is 10.3. The molecule has 2 atom stereocenters. The second-order valence-corrected chi connectivity index (χ2v) is 9.66. The summed E-state index contributed by atoms with van der Waals surface area (Å²) in [6.07, 6.45) is -0.558. The highest BCUT2D eigenvalue weighted by atomic mass is 79.9. The van der Waals surface area contributed by atoms with Gasteiger partial charge in [-0.2, -0.15) is 0 Å². The van der Waals surface area contributed by atoms with Crippen molar-refractivity contribution in [2.24, 2.45) is 0 Å². The van der Waals surface area contributed by atoms with Crippen LogP contribution < -0.4 is 9.47 Å². The molecule has 1 heterocycles. The number of hydrogen-bond acceptors (Lipinski definition) is 5. The number of aliphatic hydroxyl groups is 1. The van der Waals surface area contributed by atoms with Gasteiger partial charge >= 0.3 is 0 Å². The average Bonchev–Trinajstić information content (AvgIpc) is 2.72. The maximum absolute atomic E-state index is 10.6. The predicted molar refractivity (Wildman–Crippen MR) is 122 cm³/mol. The molecule has 2 unspecified atom stereocenters. The first-order chi connectivity index (χ1) is 14.3. The van der Waals surface area contributed by atoms with Gasteiger partial charge in [-0.1, -0.05) is 48.8 Å². The van der Waals surface area contributed by atoms with Gasteiger partial charge < -0.3 is 19.3 Å². The van der Waals surface area contributed by atoms with E-state index in [4.69, 9.17) is 14.2 Å². The standard InChI is InChI=1S/C24H32BrNO4/c1-24(2,3)21-13-20(28-4)9-10-22(21)30-16-19(27)14-26-11-12-29-23(15-26)17-5-7-18(25)8-6-17/h5-10,13,19,23,27H,11-12,14-16H2,1-4H3. The van der Waals surface area contributed by atoms with E-state index in [0.29, 0.717) is 13.2 Å². The maximum Gasteiger partial charge on any atom is 0.123 e. The fourth-order valence-corrected chi connectivity index (χ4v) is 3.90. The normalized spacial score (nSPS) is 18.8. The quantitative estimate of drug-likeness (QED) is 0.632. The lowest BCUT2D eigenvalue weighted by atomic mass is 9.86. The zero-order valence-corrected chi connectivity index (χ0v) is 19.8. The van der Waals surface area contributed by atoms with Crippen LogP contribution in [-0.2, 0) is 10.2 Å². The molecule has 0 bridgehead atoms. The molecule has 30 heavy (non-hydrogen) atoms. The third kappa shape index (κ3) is 6.20. The van der Waals surface area contributed by atoms with Gasteiger partial charge in [0.15, 0.2) is 0 Å². The number of benzene rings is 2. The van der Waals surface area contributed by atoms with Crippen LogP contribution in [0, 0.1) is 0 Å². The van der Waals surface area contributed by atoms with Crippen LogP contribution in [0.5, 0.6) is 11.5 Å². The monoisotopic (exact) mass is 477 g/mol. The first-order valence-corrected chi connectivity index (χ1v) is 11.1. The van der Waals surface area contributed by atoms with Crippen molar-refractivity contribution in [3.8, 4) is 11.5 Å². The van der Waals surface area contributed by atoms with E-state index in [-0.39, 0.29) is 18.1 Å². The minimum atomic E-state index is -0.580. The Bertz CT molecular complexity index is 819. The first kappa shape index (κ1) is 23.1. The summed E-state index contributed by atoms with van der Waals surface area (Å²) in [7, 11) is 1.66.